The van der Waals surface area contributed by atoms with Crippen molar-refractivity contribution in [3.05, 3.63) is 48.3 Å². The molecule has 26 heavy (non-hydrogen) atoms. The number of piperazine rings is 1. The first-order valence-electron chi connectivity index (χ1n) is 8.49. The van der Waals surface area contributed by atoms with E-state index in [9.17, 15) is 9.90 Å². The van der Waals surface area contributed by atoms with E-state index in [4.69, 9.17) is 9.84 Å². The number of anilines is 1. The zero-order valence-electron chi connectivity index (χ0n) is 14.4. The second-order valence-electron chi connectivity index (χ2n) is 6.00. The topological polar surface area (TPSA) is 99.0 Å². The van der Waals surface area contributed by atoms with Gasteiger partial charge in [-0.3, -0.25) is 9.69 Å². The number of carboxylic acids is 1. The van der Waals surface area contributed by atoms with Crippen LogP contribution in [0.4, 0.5) is 5.95 Å². The summed E-state index contributed by atoms with van der Waals surface area (Å²) in [6.07, 6.45) is 3.30. The number of ether oxygens (including phenoxy) is 1. The first-order chi connectivity index (χ1) is 12.7. The number of carboxylic acid groups (broad SMARTS) is 1. The van der Waals surface area contributed by atoms with Crippen molar-refractivity contribution < 1.29 is 19.7 Å². The number of hydrogen-bond acceptors (Lipinski definition) is 7. The number of nitrogens with zero attached hydrogens (tertiary/aromatic N) is 4. The highest BCUT2D eigenvalue weighted by Crippen LogP contribution is 2.23. The molecule has 2 aromatic rings. The Balaban J connectivity index is 1.73. The van der Waals surface area contributed by atoms with Crippen molar-refractivity contribution >= 4 is 11.9 Å². The number of para-hydroxylation sites is 1. The summed E-state index contributed by atoms with van der Waals surface area (Å²) in [6, 6.07) is 8.56. The lowest BCUT2D eigenvalue weighted by Gasteiger charge is -2.39. The van der Waals surface area contributed by atoms with Crippen molar-refractivity contribution in [3.8, 4) is 5.75 Å². The largest absolute Gasteiger partial charge is 0.491 e. The summed E-state index contributed by atoms with van der Waals surface area (Å²) in [6.45, 7) is 2.14. The monoisotopic (exact) mass is 358 g/mol. The molecule has 8 nitrogen and oxygen atoms in total. The van der Waals surface area contributed by atoms with Crippen molar-refractivity contribution in [2.75, 3.05) is 37.7 Å². The molecular formula is C18H22N4O4. The number of aromatic nitrogens is 2. The van der Waals surface area contributed by atoms with Gasteiger partial charge in [0.1, 0.15) is 18.4 Å². The van der Waals surface area contributed by atoms with Crippen LogP contribution < -0.4 is 9.64 Å². The van der Waals surface area contributed by atoms with Gasteiger partial charge in [-0.05, 0) is 12.1 Å². The molecule has 1 aromatic heterocycles. The average Bonchev–Trinajstić information content (AvgIpc) is 2.68. The molecule has 0 radical (unpaired) electrons. The summed E-state index contributed by atoms with van der Waals surface area (Å²) in [5.41, 5.74) is 0.900. The van der Waals surface area contributed by atoms with Crippen LogP contribution in [0.3, 0.4) is 0 Å². The molecule has 8 heteroatoms. The summed E-state index contributed by atoms with van der Waals surface area (Å²) in [5, 5.41) is 18.7. The fourth-order valence-corrected chi connectivity index (χ4v) is 3.03. The Labute approximate surface area is 151 Å². The fourth-order valence-electron chi connectivity index (χ4n) is 3.03. The van der Waals surface area contributed by atoms with E-state index < -0.39 is 12.0 Å². The fraction of sp³-hybridized carbons (Fsp3) is 0.389. The third kappa shape index (κ3) is 4.27. The molecule has 1 saturated heterocycles. The standard InChI is InChI=1S/C18H22N4O4/c23-10-11-26-16-5-2-1-4-14(16)12-21-8-9-22(13-15(21)17(24)25)18-19-6-3-7-20-18/h1-7,15,23H,8-13H2,(H,24,25)/t15-/m1/s1. The van der Waals surface area contributed by atoms with Crippen LogP contribution >= 0.6 is 0 Å². The van der Waals surface area contributed by atoms with Gasteiger partial charge in [-0.1, -0.05) is 18.2 Å². The number of aliphatic carboxylic acids is 1. The number of rotatable bonds is 7. The molecule has 138 valence electrons. The Hall–Kier alpha value is -2.71. The third-order valence-corrected chi connectivity index (χ3v) is 4.31. The van der Waals surface area contributed by atoms with Crippen LogP contribution in [0, 0.1) is 0 Å². The van der Waals surface area contributed by atoms with Gasteiger partial charge in [-0.15, -0.1) is 0 Å². The van der Waals surface area contributed by atoms with E-state index in [1.165, 1.54) is 0 Å². The van der Waals surface area contributed by atoms with Crippen molar-refractivity contribution in [2.45, 2.75) is 12.6 Å². The molecule has 0 unspecified atom stereocenters. The van der Waals surface area contributed by atoms with Gasteiger partial charge in [0.25, 0.3) is 0 Å². The molecule has 1 aliphatic heterocycles. The van der Waals surface area contributed by atoms with E-state index in [1.54, 1.807) is 18.5 Å². The zero-order chi connectivity index (χ0) is 18.4. The number of aliphatic hydroxyl groups excluding tert-OH is 1. The minimum atomic E-state index is -0.876. The Bertz CT molecular complexity index is 728. The van der Waals surface area contributed by atoms with Crippen LogP contribution in [0.2, 0.25) is 0 Å². The summed E-state index contributed by atoms with van der Waals surface area (Å²) in [4.78, 5) is 24.1. The maximum Gasteiger partial charge on any atom is 0.322 e. The summed E-state index contributed by atoms with van der Waals surface area (Å²) < 4.78 is 5.56. The van der Waals surface area contributed by atoms with E-state index in [2.05, 4.69) is 9.97 Å². The smallest absolute Gasteiger partial charge is 0.322 e. The molecule has 1 aliphatic rings. The molecule has 0 saturated carbocycles. The highest BCUT2D eigenvalue weighted by molar-refractivity contribution is 5.74. The maximum absolute atomic E-state index is 11.8. The second-order valence-corrected chi connectivity index (χ2v) is 6.00. The van der Waals surface area contributed by atoms with Crippen LogP contribution in [0.5, 0.6) is 5.75 Å². The minimum absolute atomic E-state index is 0.0676. The molecule has 3 rings (SSSR count). The lowest BCUT2D eigenvalue weighted by molar-refractivity contribution is -0.143. The van der Waals surface area contributed by atoms with E-state index in [0.29, 0.717) is 37.9 Å². The number of benzene rings is 1. The highest BCUT2D eigenvalue weighted by Gasteiger charge is 2.33. The van der Waals surface area contributed by atoms with E-state index in [1.807, 2.05) is 34.1 Å². The van der Waals surface area contributed by atoms with Crippen molar-refractivity contribution in [3.63, 3.8) is 0 Å². The van der Waals surface area contributed by atoms with Crippen molar-refractivity contribution in [1.82, 2.24) is 14.9 Å². The third-order valence-electron chi connectivity index (χ3n) is 4.31. The van der Waals surface area contributed by atoms with E-state index in [0.717, 1.165) is 5.56 Å². The molecule has 2 N–H and O–H groups in total. The van der Waals surface area contributed by atoms with E-state index >= 15 is 0 Å². The van der Waals surface area contributed by atoms with Crippen LogP contribution in [0.25, 0.3) is 0 Å². The van der Waals surface area contributed by atoms with Gasteiger partial charge in [0.15, 0.2) is 0 Å². The molecule has 0 aliphatic carbocycles. The number of aliphatic hydroxyl groups is 1. The van der Waals surface area contributed by atoms with Crippen LogP contribution in [-0.2, 0) is 11.3 Å². The molecule has 1 atom stereocenters. The molecule has 0 spiro atoms. The molecule has 1 aromatic carbocycles. The van der Waals surface area contributed by atoms with Gasteiger partial charge in [0.05, 0.1) is 6.61 Å². The van der Waals surface area contributed by atoms with Gasteiger partial charge < -0.3 is 19.8 Å². The Morgan fingerprint density at radius 1 is 1.19 bits per heavy atom. The van der Waals surface area contributed by atoms with Gasteiger partial charge in [-0.25, -0.2) is 9.97 Å². The first kappa shape index (κ1) is 18.1. The molecule has 1 fully saturated rings. The molecule has 2 heterocycles. The average molecular weight is 358 g/mol. The lowest BCUT2D eigenvalue weighted by Crippen LogP contribution is -2.56. The molecular weight excluding hydrogens is 336 g/mol. The summed E-state index contributed by atoms with van der Waals surface area (Å²) >= 11 is 0. The second kappa shape index (κ2) is 8.59. The number of carbonyl (C=O) groups is 1. The van der Waals surface area contributed by atoms with Crippen molar-refractivity contribution in [1.29, 1.82) is 0 Å². The maximum atomic E-state index is 11.8. The summed E-state index contributed by atoms with van der Waals surface area (Å²) in [5.74, 6) is 0.337. The van der Waals surface area contributed by atoms with Gasteiger partial charge >= 0.3 is 5.97 Å². The predicted molar refractivity (Wildman–Crippen MR) is 95.1 cm³/mol. The van der Waals surface area contributed by atoms with Crippen LogP contribution in [0.1, 0.15) is 5.56 Å². The van der Waals surface area contributed by atoms with Gasteiger partial charge in [0, 0.05) is 44.1 Å². The minimum Gasteiger partial charge on any atom is -0.491 e. The summed E-state index contributed by atoms with van der Waals surface area (Å²) in [7, 11) is 0. The predicted octanol–water partition coefficient (Wildman–Crippen LogP) is 0.623. The molecule has 0 amide bonds. The quantitative estimate of drug-likeness (QED) is 0.743. The number of hydrogen-bond donors (Lipinski definition) is 2. The van der Waals surface area contributed by atoms with Gasteiger partial charge in [0.2, 0.25) is 5.95 Å². The van der Waals surface area contributed by atoms with Crippen LogP contribution in [-0.4, -0.2) is 69.9 Å². The highest BCUT2D eigenvalue weighted by atomic mass is 16.5. The SMILES string of the molecule is O=C(O)[C@H]1CN(c2ncccn2)CCN1Cc1ccccc1OCCO. The normalized spacial score (nSPS) is 17.9. The Kier molecular flexibility index (Phi) is 5.98. The van der Waals surface area contributed by atoms with Crippen LogP contribution in [0.15, 0.2) is 42.7 Å². The molecule has 0 bridgehead atoms. The first-order valence-corrected chi connectivity index (χ1v) is 8.49. The Morgan fingerprint density at radius 3 is 2.69 bits per heavy atom. The Morgan fingerprint density at radius 2 is 1.96 bits per heavy atom. The van der Waals surface area contributed by atoms with Gasteiger partial charge in [-0.2, -0.15) is 0 Å². The lowest BCUT2D eigenvalue weighted by atomic mass is 10.1. The van der Waals surface area contributed by atoms with E-state index in [-0.39, 0.29) is 13.2 Å². The van der Waals surface area contributed by atoms with Crippen molar-refractivity contribution in [2.24, 2.45) is 0 Å². The zero-order valence-corrected chi connectivity index (χ0v) is 14.4.